The molecule has 4 N–H and O–H groups in total. The van der Waals surface area contributed by atoms with Crippen LogP contribution in [0.3, 0.4) is 0 Å². The number of halogens is 4. The number of rotatable bonds is 10. The molecule has 236 valence electrons. The monoisotopic (exact) mass is 639 g/mol. The summed E-state index contributed by atoms with van der Waals surface area (Å²) in [4.78, 5) is 29.2. The number of aromatic nitrogens is 1. The van der Waals surface area contributed by atoms with Crippen molar-refractivity contribution in [3.05, 3.63) is 88.7 Å². The molecule has 2 amide bonds. The molecule has 5 rings (SSSR count). The standard InChI is InChI=1S/C32H33ClF3N7O2/c33-25-3-1-2-23(14-25)24-15-26(32(34,35)36)30(40-18-24)43-12-10-21(11-13-43)17-38-16-20-4-6-22(7-5-20)28(42-37)19-39-27-8-9-29(44)41-31(27)45/h1-7,14-15,18-19,21,27,37-39H,8-13,16-17H2,(H,41,44,45)/b28-19-,42-37?. The Morgan fingerprint density at radius 2 is 1.84 bits per heavy atom. The van der Waals surface area contributed by atoms with Gasteiger partial charge in [0.05, 0.1) is 5.56 Å². The third-order valence-corrected chi connectivity index (χ3v) is 8.27. The van der Waals surface area contributed by atoms with Crippen LogP contribution in [-0.2, 0) is 22.3 Å². The number of nitrogens with one attached hydrogen (secondary N) is 4. The van der Waals surface area contributed by atoms with Gasteiger partial charge >= 0.3 is 6.18 Å². The van der Waals surface area contributed by atoms with Gasteiger partial charge in [-0.25, -0.2) is 10.5 Å². The van der Waals surface area contributed by atoms with Gasteiger partial charge in [-0.05, 0) is 61.1 Å². The van der Waals surface area contributed by atoms with E-state index < -0.39 is 23.7 Å². The number of nitrogens with zero attached hydrogens (tertiary/aromatic N) is 3. The predicted molar refractivity (Wildman–Crippen MR) is 165 cm³/mol. The fourth-order valence-electron chi connectivity index (χ4n) is 5.52. The maximum Gasteiger partial charge on any atom is 0.419 e. The van der Waals surface area contributed by atoms with E-state index in [9.17, 15) is 22.8 Å². The van der Waals surface area contributed by atoms with Crippen LogP contribution in [-0.4, -0.2) is 42.5 Å². The normalized spacial score (nSPS) is 18.1. The lowest BCUT2D eigenvalue weighted by atomic mass is 9.96. The minimum Gasteiger partial charge on any atom is -0.378 e. The summed E-state index contributed by atoms with van der Waals surface area (Å²) in [6.45, 7) is 2.29. The summed E-state index contributed by atoms with van der Waals surface area (Å²) in [7, 11) is 0. The number of amides is 2. The summed E-state index contributed by atoms with van der Waals surface area (Å²) >= 11 is 6.04. The molecule has 45 heavy (non-hydrogen) atoms. The molecule has 0 aliphatic carbocycles. The lowest BCUT2D eigenvalue weighted by molar-refractivity contribution is -0.137. The van der Waals surface area contributed by atoms with E-state index in [1.807, 2.05) is 24.3 Å². The van der Waals surface area contributed by atoms with Crippen LogP contribution < -0.4 is 20.9 Å². The van der Waals surface area contributed by atoms with Gasteiger partial charge < -0.3 is 15.5 Å². The molecule has 9 nitrogen and oxygen atoms in total. The van der Waals surface area contributed by atoms with Gasteiger partial charge in [0, 0.05) is 54.6 Å². The van der Waals surface area contributed by atoms with Crippen LogP contribution in [0.25, 0.3) is 16.8 Å². The van der Waals surface area contributed by atoms with Crippen molar-refractivity contribution >= 4 is 34.9 Å². The molecule has 2 aliphatic rings. The summed E-state index contributed by atoms with van der Waals surface area (Å²) in [5.41, 5.74) is 9.80. The number of benzene rings is 2. The van der Waals surface area contributed by atoms with Gasteiger partial charge in [-0.3, -0.25) is 14.9 Å². The van der Waals surface area contributed by atoms with Gasteiger partial charge in [0.2, 0.25) is 11.8 Å². The number of anilines is 1. The first-order valence-corrected chi connectivity index (χ1v) is 15.0. The Morgan fingerprint density at radius 3 is 2.51 bits per heavy atom. The number of hydrogen-bond donors (Lipinski definition) is 4. The average molecular weight is 640 g/mol. The highest BCUT2D eigenvalue weighted by molar-refractivity contribution is 6.30. The zero-order chi connectivity index (χ0) is 32.0. The molecule has 0 spiro atoms. The molecule has 1 atom stereocenters. The molecule has 0 radical (unpaired) electrons. The molecular weight excluding hydrogens is 607 g/mol. The molecule has 3 aromatic rings. The van der Waals surface area contributed by atoms with Crippen LogP contribution in [0.1, 0.15) is 42.4 Å². The highest BCUT2D eigenvalue weighted by Gasteiger charge is 2.37. The van der Waals surface area contributed by atoms with Crippen molar-refractivity contribution in [3.63, 3.8) is 0 Å². The van der Waals surface area contributed by atoms with Crippen LogP contribution in [0, 0.1) is 11.4 Å². The van der Waals surface area contributed by atoms with Crippen LogP contribution in [0.4, 0.5) is 19.0 Å². The number of carbonyl (C=O) groups is 2. The number of piperidine rings is 2. The van der Waals surface area contributed by atoms with Crippen molar-refractivity contribution in [1.82, 2.24) is 20.9 Å². The Balaban J connectivity index is 1.12. The SMILES string of the molecule is N=N/C(=C\NC1CCC(=O)NC1=O)c1ccc(CNCC2CCN(c3ncc(-c4cccc(Cl)c4)cc3C(F)(F)F)CC2)cc1. The van der Waals surface area contributed by atoms with E-state index in [-0.39, 0.29) is 18.1 Å². The number of hydrogen-bond acceptors (Lipinski definition) is 8. The Morgan fingerprint density at radius 1 is 1.09 bits per heavy atom. The van der Waals surface area contributed by atoms with E-state index in [0.29, 0.717) is 59.4 Å². The minimum atomic E-state index is -4.54. The number of alkyl halides is 3. The van der Waals surface area contributed by atoms with Gasteiger partial charge in [0.1, 0.15) is 17.6 Å². The molecule has 13 heteroatoms. The predicted octanol–water partition coefficient (Wildman–Crippen LogP) is 6.15. The Hall–Kier alpha value is -4.29. The summed E-state index contributed by atoms with van der Waals surface area (Å²) in [5, 5.41) is 12.7. The van der Waals surface area contributed by atoms with Crippen molar-refractivity contribution in [2.24, 2.45) is 11.0 Å². The molecule has 2 saturated heterocycles. The summed E-state index contributed by atoms with van der Waals surface area (Å²) in [5.74, 6) is -0.420. The number of pyridine rings is 1. The van der Waals surface area contributed by atoms with Gasteiger partial charge in [-0.15, -0.1) is 0 Å². The first-order chi connectivity index (χ1) is 21.6. The molecule has 2 aliphatic heterocycles. The van der Waals surface area contributed by atoms with Crippen LogP contribution in [0.2, 0.25) is 5.02 Å². The average Bonchev–Trinajstić information content (AvgIpc) is 3.02. The van der Waals surface area contributed by atoms with Crippen molar-refractivity contribution in [2.75, 3.05) is 24.5 Å². The molecule has 0 saturated carbocycles. The van der Waals surface area contributed by atoms with E-state index in [1.165, 1.54) is 12.4 Å². The van der Waals surface area contributed by atoms with Gasteiger partial charge in [-0.2, -0.15) is 18.3 Å². The van der Waals surface area contributed by atoms with Crippen molar-refractivity contribution in [2.45, 2.75) is 44.4 Å². The Kier molecular flexibility index (Phi) is 10.1. The lowest BCUT2D eigenvalue weighted by Crippen LogP contribution is -2.49. The van der Waals surface area contributed by atoms with E-state index in [0.717, 1.165) is 31.0 Å². The molecule has 2 aromatic carbocycles. The smallest absolute Gasteiger partial charge is 0.378 e. The van der Waals surface area contributed by atoms with Crippen LogP contribution >= 0.6 is 11.6 Å². The quantitative estimate of drug-likeness (QED) is 0.156. The third-order valence-electron chi connectivity index (χ3n) is 8.04. The first-order valence-electron chi connectivity index (χ1n) is 14.7. The molecule has 1 unspecified atom stereocenters. The third kappa shape index (κ3) is 8.25. The molecule has 2 fully saturated rings. The van der Waals surface area contributed by atoms with Crippen molar-refractivity contribution < 1.29 is 22.8 Å². The van der Waals surface area contributed by atoms with E-state index in [2.05, 4.69) is 26.0 Å². The topological polar surface area (TPSA) is 123 Å². The van der Waals surface area contributed by atoms with Crippen molar-refractivity contribution in [1.29, 1.82) is 5.53 Å². The van der Waals surface area contributed by atoms with Gasteiger partial charge in [0.25, 0.3) is 0 Å². The Labute approximate surface area is 263 Å². The molecule has 1 aromatic heterocycles. The second-order valence-corrected chi connectivity index (χ2v) is 11.6. The lowest BCUT2D eigenvalue weighted by Gasteiger charge is -2.34. The van der Waals surface area contributed by atoms with Gasteiger partial charge in [-0.1, -0.05) is 48.0 Å². The summed E-state index contributed by atoms with van der Waals surface area (Å²) in [6, 6.07) is 14.8. The number of carbonyl (C=O) groups excluding carboxylic acids is 2. The zero-order valence-electron chi connectivity index (χ0n) is 24.3. The minimum absolute atomic E-state index is 0.0417. The number of imide groups is 1. The second-order valence-electron chi connectivity index (χ2n) is 11.2. The van der Waals surface area contributed by atoms with Gasteiger partial charge in [0.15, 0.2) is 0 Å². The van der Waals surface area contributed by atoms with E-state index in [1.54, 1.807) is 29.2 Å². The fourth-order valence-corrected chi connectivity index (χ4v) is 5.71. The fraction of sp³-hybridized carbons (Fsp3) is 0.344. The van der Waals surface area contributed by atoms with Crippen LogP contribution in [0.15, 0.2) is 72.1 Å². The van der Waals surface area contributed by atoms with Crippen molar-refractivity contribution in [3.8, 4) is 11.1 Å². The molecule has 3 heterocycles. The highest BCUT2D eigenvalue weighted by atomic mass is 35.5. The second kappa shape index (κ2) is 14.2. The maximum absolute atomic E-state index is 14.1. The summed E-state index contributed by atoms with van der Waals surface area (Å²) in [6.07, 6.45) is 0.537. The first kappa shape index (κ1) is 32.1. The van der Waals surface area contributed by atoms with E-state index in [4.69, 9.17) is 17.1 Å². The highest BCUT2D eigenvalue weighted by Crippen LogP contribution is 2.39. The maximum atomic E-state index is 14.1. The zero-order valence-corrected chi connectivity index (χ0v) is 25.1. The largest absolute Gasteiger partial charge is 0.419 e. The van der Waals surface area contributed by atoms with Crippen LogP contribution in [0.5, 0.6) is 0 Å². The molecule has 0 bridgehead atoms. The summed E-state index contributed by atoms with van der Waals surface area (Å²) < 4.78 is 42.2. The Bertz CT molecular complexity index is 1570. The molecular formula is C32H33ClF3N7O2. The van der Waals surface area contributed by atoms with E-state index >= 15 is 0 Å².